The van der Waals surface area contributed by atoms with Crippen molar-refractivity contribution < 1.29 is 9.53 Å². The topological polar surface area (TPSA) is 87.3 Å². The van der Waals surface area contributed by atoms with Crippen molar-refractivity contribution in [2.24, 2.45) is 0 Å². The molecule has 1 aliphatic rings. The van der Waals surface area contributed by atoms with Crippen molar-refractivity contribution in [3.05, 3.63) is 62.5 Å². The van der Waals surface area contributed by atoms with Gasteiger partial charge in [0.1, 0.15) is 4.83 Å². The fraction of sp³-hybridized carbons (Fsp3) is 0.381. The Kier molecular flexibility index (Phi) is 5.75. The number of fused-ring (bicyclic) bond motifs is 1. The van der Waals surface area contributed by atoms with Gasteiger partial charge in [-0.3, -0.25) is 14.5 Å². The second-order valence-electron chi connectivity index (χ2n) is 7.25. The highest BCUT2D eigenvalue weighted by atomic mass is 32.1. The zero-order chi connectivity index (χ0) is 20.4. The number of nitrogens with zero attached hydrogens (tertiary/aromatic N) is 2. The van der Waals surface area contributed by atoms with E-state index in [0.717, 1.165) is 13.1 Å². The summed E-state index contributed by atoms with van der Waals surface area (Å²) in [4.78, 5) is 35.2. The standard InChI is InChI=1S/C21H24N4O3S/c1-13-3-5-15(6-4-13)16(25-7-9-28-10-8-25)11-22-20(27)18-14(2)17-19(26)23-12-24-21(17)29-18/h3-6,12,16H,7-11H2,1-2H3,(H,22,27)(H,23,24,26)/t16-/m0/s1. The summed E-state index contributed by atoms with van der Waals surface area (Å²) >= 11 is 1.25. The monoisotopic (exact) mass is 412 g/mol. The zero-order valence-electron chi connectivity index (χ0n) is 16.5. The number of carbonyl (C=O) groups excluding carboxylic acids is 1. The van der Waals surface area contributed by atoms with Crippen LogP contribution in [-0.4, -0.2) is 53.6 Å². The molecule has 1 amide bonds. The molecule has 1 fully saturated rings. The molecule has 0 unspecified atom stereocenters. The number of morpholine rings is 1. The molecule has 1 aromatic carbocycles. The summed E-state index contributed by atoms with van der Waals surface area (Å²) in [6, 6.07) is 8.50. The minimum Gasteiger partial charge on any atom is -0.379 e. The quantitative estimate of drug-likeness (QED) is 0.672. The lowest BCUT2D eigenvalue weighted by atomic mass is 10.0. The van der Waals surface area contributed by atoms with E-state index < -0.39 is 0 Å². The number of benzene rings is 1. The average Bonchev–Trinajstić information content (AvgIpc) is 3.08. The third-order valence-electron chi connectivity index (χ3n) is 5.34. The van der Waals surface area contributed by atoms with Crippen LogP contribution in [0.4, 0.5) is 0 Å². The fourth-order valence-corrected chi connectivity index (χ4v) is 4.77. The van der Waals surface area contributed by atoms with Gasteiger partial charge in [-0.1, -0.05) is 29.8 Å². The molecule has 8 heteroatoms. The number of amides is 1. The van der Waals surface area contributed by atoms with E-state index in [1.54, 1.807) is 6.92 Å². The van der Waals surface area contributed by atoms with E-state index in [0.29, 0.717) is 40.4 Å². The molecule has 0 spiro atoms. The molecule has 29 heavy (non-hydrogen) atoms. The predicted molar refractivity (Wildman–Crippen MR) is 114 cm³/mol. The van der Waals surface area contributed by atoms with Crippen LogP contribution in [-0.2, 0) is 4.74 Å². The first kappa shape index (κ1) is 19.8. The number of carbonyl (C=O) groups is 1. The highest BCUT2D eigenvalue weighted by molar-refractivity contribution is 7.20. The molecular weight excluding hydrogens is 388 g/mol. The Morgan fingerprint density at radius 3 is 2.69 bits per heavy atom. The molecule has 0 bridgehead atoms. The molecule has 2 N–H and O–H groups in total. The average molecular weight is 413 g/mol. The van der Waals surface area contributed by atoms with Crippen LogP contribution in [0.25, 0.3) is 10.2 Å². The molecule has 1 saturated heterocycles. The number of hydrogen-bond donors (Lipinski definition) is 2. The molecule has 3 aromatic rings. The number of ether oxygens (including phenoxy) is 1. The SMILES string of the molecule is Cc1ccc([C@H](CNC(=O)c2sc3nc[nH]c(=O)c3c2C)N2CCOCC2)cc1. The van der Waals surface area contributed by atoms with E-state index in [1.165, 1.54) is 28.8 Å². The van der Waals surface area contributed by atoms with Gasteiger partial charge in [0.05, 0.1) is 35.8 Å². The molecule has 1 atom stereocenters. The molecular formula is C21H24N4O3S. The van der Waals surface area contributed by atoms with Gasteiger partial charge in [0, 0.05) is 19.6 Å². The van der Waals surface area contributed by atoms with Crippen molar-refractivity contribution in [2.45, 2.75) is 19.9 Å². The van der Waals surface area contributed by atoms with Gasteiger partial charge in [-0.05, 0) is 25.0 Å². The number of aromatic nitrogens is 2. The second kappa shape index (κ2) is 8.44. The number of aromatic amines is 1. The molecule has 0 saturated carbocycles. The summed E-state index contributed by atoms with van der Waals surface area (Å²) in [5.41, 5.74) is 2.84. The molecule has 2 aromatic heterocycles. The van der Waals surface area contributed by atoms with Crippen LogP contribution < -0.4 is 10.9 Å². The molecule has 1 aliphatic heterocycles. The van der Waals surface area contributed by atoms with Crippen molar-refractivity contribution >= 4 is 27.5 Å². The Balaban J connectivity index is 1.56. The van der Waals surface area contributed by atoms with Crippen molar-refractivity contribution in [2.75, 3.05) is 32.8 Å². The van der Waals surface area contributed by atoms with Crippen LogP contribution in [0.1, 0.15) is 32.4 Å². The summed E-state index contributed by atoms with van der Waals surface area (Å²) in [6.45, 7) is 7.39. The molecule has 7 nitrogen and oxygen atoms in total. The van der Waals surface area contributed by atoms with Gasteiger partial charge < -0.3 is 15.0 Å². The maximum Gasteiger partial charge on any atom is 0.261 e. The predicted octanol–water partition coefficient (Wildman–Crippen LogP) is 2.40. The van der Waals surface area contributed by atoms with Crippen LogP contribution in [0.2, 0.25) is 0 Å². The normalized spacial score (nSPS) is 16.1. The van der Waals surface area contributed by atoms with Crippen LogP contribution >= 0.6 is 11.3 Å². The van der Waals surface area contributed by atoms with Crippen LogP contribution in [0.3, 0.4) is 0 Å². The van der Waals surface area contributed by atoms with Gasteiger partial charge in [-0.2, -0.15) is 0 Å². The minimum absolute atomic E-state index is 0.0691. The Bertz CT molecular complexity index is 1070. The molecule has 0 aliphatic carbocycles. The van der Waals surface area contributed by atoms with Gasteiger partial charge in [-0.15, -0.1) is 11.3 Å². The van der Waals surface area contributed by atoms with Gasteiger partial charge in [0.25, 0.3) is 11.5 Å². The summed E-state index contributed by atoms with van der Waals surface area (Å²) in [5.74, 6) is -0.171. The lowest BCUT2D eigenvalue weighted by Gasteiger charge is -2.35. The zero-order valence-corrected chi connectivity index (χ0v) is 17.3. The van der Waals surface area contributed by atoms with Crippen molar-refractivity contribution in [3.8, 4) is 0 Å². The summed E-state index contributed by atoms with van der Waals surface area (Å²) in [7, 11) is 0. The van der Waals surface area contributed by atoms with Gasteiger partial charge in [0.15, 0.2) is 0 Å². The maximum absolute atomic E-state index is 12.9. The first-order valence-electron chi connectivity index (χ1n) is 9.68. The van der Waals surface area contributed by atoms with Gasteiger partial charge in [0.2, 0.25) is 0 Å². The summed E-state index contributed by atoms with van der Waals surface area (Å²) in [6.07, 6.45) is 1.37. The summed E-state index contributed by atoms with van der Waals surface area (Å²) < 4.78 is 5.49. The van der Waals surface area contributed by atoms with Gasteiger partial charge >= 0.3 is 0 Å². The Morgan fingerprint density at radius 1 is 1.28 bits per heavy atom. The Labute approximate surface area is 172 Å². The number of rotatable bonds is 5. The number of H-pyrrole nitrogens is 1. The third kappa shape index (κ3) is 4.10. The van der Waals surface area contributed by atoms with E-state index >= 15 is 0 Å². The molecule has 3 heterocycles. The van der Waals surface area contributed by atoms with E-state index in [9.17, 15) is 9.59 Å². The molecule has 4 rings (SSSR count). The van der Waals surface area contributed by atoms with Crippen LogP contribution in [0, 0.1) is 13.8 Å². The second-order valence-corrected chi connectivity index (χ2v) is 8.25. The smallest absolute Gasteiger partial charge is 0.261 e. The van der Waals surface area contributed by atoms with E-state index in [1.807, 2.05) is 0 Å². The van der Waals surface area contributed by atoms with E-state index in [-0.39, 0.29) is 17.5 Å². The lowest BCUT2D eigenvalue weighted by Crippen LogP contribution is -2.43. The third-order valence-corrected chi connectivity index (χ3v) is 6.54. The molecule has 0 radical (unpaired) electrons. The van der Waals surface area contributed by atoms with E-state index in [4.69, 9.17) is 4.74 Å². The fourth-order valence-electron chi connectivity index (χ4n) is 3.70. The summed E-state index contributed by atoms with van der Waals surface area (Å²) in [5, 5.41) is 3.57. The highest BCUT2D eigenvalue weighted by Crippen LogP contribution is 2.27. The van der Waals surface area contributed by atoms with Crippen molar-refractivity contribution in [3.63, 3.8) is 0 Å². The number of nitrogens with one attached hydrogen (secondary N) is 2. The Hall–Kier alpha value is -2.55. The molecule has 152 valence electrons. The van der Waals surface area contributed by atoms with E-state index in [2.05, 4.69) is 51.4 Å². The first-order chi connectivity index (χ1) is 14.0. The van der Waals surface area contributed by atoms with Crippen LogP contribution in [0.15, 0.2) is 35.4 Å². The maximum atomic E-state index is 12.9. The minimum atomic E-state index is -0.214. The van der Waals surface area contributed by atoms with Crippen molar-refractivity contribution in [1.29, 1.82) is 0 Å². The first-order valence-corrected chi connectivity index (χ1v) is 10.5. The number of thiophene rings is 1. The highest BCUT2D eigenvalue weighted by Gasteiger charge is 2.25. The Morgan fingerprint density at radius 2 is 2.00 bits per heavy atom. The number of hydrogen-bond acceptors (Lipinski definition) is 6. The largest absolute Gasteiger partial charge is 0.379 e. The lowest BCUT2D eigenvalue weighted by molar-refractivity contribution is 0.0162. The van der Waals surface area contributed by atoms with Crippen molar-refractivity contribution in [1.82, 2.24) is 20.2 Å². The van der Waals surface area contributed by atoms with Crippen LogP contribution in [0.5, 0.6) is 0 Å². The number of aryl methyl sites for hydroxylation is 2. The van der Waals surface area contributed by atoms with Gasteiger partial charge in [-0.25, -0.2) is 4.98 Å².